The Morgan fingerprint density at radius 2 is 1.24 bits per heavy atom. The largest absolute Gasteiger partial charge is 0.497 e. The van der Waals surface area contributed by atoms with E-state index in [4.69, 9.17) is 37.9 Å². The van der Waals surface area contributed by atoms with Gasteiger partial charge in [0.05, 0.1) is 25.3 Å². The molecule has 228 valence electrons. The summed E-state index contributed by atoms with van der Waals surface area (Å²) in [6.45, 7) is 0. The first-order valence-electron chi connectivity index (χ1n) is 13.4. The molecule has 0 saturated carbocycles. The number of esters is 2. The summed E-state index contributed by atoms with van der Waals surface area (Å²) < 4.78 is 44.1. The molecule has 0 aromatic heterocycles. The Morgan fingerprint density at radius 1 is 0.690 bits per heavy atom. The Morgan fingerprint density at radius 3 is 1.76 bits per heavy atom. The molecule has 12 nitrogen and oxygen atoms in total. The lowest BCUT2D eigenvalue weighted by molar-refractivity contribution is -0.291. The van der Waals surface area contributed by atoms with Gasteiger partial charge >= 0.3 is 11.9 Å². The van der Waals surface area contributed by atoms with Crippen molar-refractivity contribution < 1.29 is 57.7 Å². The fraction of sp³-hybridized carbons (Fsp3) is 0.467. The lowest BCUT2D eigenvalue weighted by Crippen LogP contribution is -2.59. The zero-order valence-electron chi connectivity index (χ0n) is 23.8. The molecule has 0 bridgehead atoms. The van der Waals surface area contributed by atoms with Gasteiger partial charge in [-0.3, -0.25) is 0 Å². The van der Waals surface area contributed by atoms with Crippen molar-refractivity contribution >= 4 is 11.9 Å². The van der Waals surface area contributed by atoms with Crippen LogP contribution in [0.15, 0.2) is 60.7 Å². The van der Waals surface area contributed by atoms with Crippen molar-refractivity contribution in [2.24, 2.45) is 0 Å². The van der Waals surface area contributed by atoms with E-state index in [1.54, 1.807) is 48.6 Å². The summed E-state index contributed by atoms with van der Waals surface area (Å²) in [4.78, 5) is 25.8. The van der Waals surface area contributed by atoms with Crippen molar-refractivity contribution in [3.8, 4) is 11.5 Å². The van der Waals surface area contributed by atoms with Crippen LogP contribution in [0.4, 0.5) is 0 Å². The molecule has 2 aromatic rings. The SMILES string of the molecule is COc1ccc(C(=O)O[C@@H]2[C@H](O)[C@H](O)[C@H](OC)O[C@H]2CC[C@H]2O[C@H](OC)C=C[C@@H]2OC(=O)c2ccc(OC)cc2)cc1. The van der Waals surface area contributed by atoms with E-state index in [1.165, 1.54) is 40.6 Å². The zero-order chi connectivity index (χ0) is 30.2. The minimum atomic E-state index is -1.50. The van der Waals surface area contributed by atoms with E-state index < -0.39 is 61.1 Å². The van der Waals surface area contributed by atoms with Gasteiger partial charge in [0.15, 0.2) is 18.7 Å². The Balaban J connectivity index is 1.48. The Bertz CT molecular complexity index is 1200. The monoisotopic (exact) mass is 588 g/mol. The quantitative estimate of drug-likeness (QED) is 0.293. The molecule has 2 N–H and O–H groups in total. The fourth-order valence-corrected chi connectivity index (χ4v) is 4.75. The highest BCUT2D eigenvalue weighted by Crippen LogP contribution is 2.30. The summed E-state index contributed by atoms with van der Waals surface area (Å²) in [7, 11) is 5.85. The number of aliphatic hydroxyl groups excluding tert-OH is 2. The van der Waals surface area contributed by atoms with Gasteiger partial charge in [-0.05, 0) is 73.5 Å². The summed E-state index contributed by atoms with van der Waals surface area (Å²) in [5, 5.41) is 21.4. The number of carbonyl (C=O) groups is 2. The van der Waals surface area contributed by atoms with E-state index in [9.17, 15) is 19.8 Å². The first-order valence-corrected chi connectivity index (χ1v) is 13.4. The first-order chi connectivity index (χ1) is 20.3. The van der Waals surface area contributed by atoms with Crippen LogP contribution < -0.4 is 9.47 Å². The van der Waals surface area contributed by atoms with Gasteiger partial charge in [0.1, 0.15) is 42.0 Å². The van der Waals surface area contributed by atoms with Crippen LogP contribution in [0.25, 0.3) is 0 Å². The molecule has 0 spiro atoms. The van der Waals surface area contributed by atoms with Gasteiger partial charge in [-0.1, -0.05) is 0 Å². The molecule has 0 amide bonds. The van der Waals surface area contributed by atoms with Crippen molar-refractivity contribution in [1.82, 2.24) is 0 Å². The van der Waals surface area contributed by atoms with E-state index in [-0.39, 0.29) is 18.4 Å². The van der Waals surface area contributed by atoms with Crippen LogP contribution in [0.5, 0.6) is 11.5 Å². The molecule has 8 atom stereocenters. The number of carbonyl (C=O) groups excluding carboxylic acids is 2. The van der Waals surface area contributed by atoms with Crippen LogP contribution in [0, 0.1) is 0 Å². The molecule has 0 radical (unpaired) electrons. The van der Waals surface area contributed by atoms with Gasteiger partial charge in [0.25, 0.3) is 0 Å². The minimum Gasteiger partial charge on any atom is -0.497 e. The maximum atomic E-state index is 12.9. The van der Waals surface area contributed by atoms with Gasteiger partial charge in [-0.25, -0.2) is 9.59 Å². The third-order valence-corrected chi connectivity index (χ3v) is 7.11. The van der Waals surface area contributed by atoms with Gasteiger partial charge in [0, 0.05) is 14.2 Å². The fourth-order valence-electron chi connectivity index (χ4n) is 4.75. The molecule has 4 rings (SSSR count). The summed E-state index contributed by atoms with van der Waals surface area (Å²) in [6, 6.07) is 12.7. The van der Waals surface area contributed by atoms with Crippen molar-refractivity contribution in [2.75, 3.05) is 28.4 Å². The lowest BCUT2D eigenvalue weighted by Gasteiger charge is -2.42. The number of ether oxygens (including phenoxy) is 8. The van der Waals surface area contributed by atoms with Crippen LogP contribution in [-0.4, -0.2) is 99.8 Å². The van der Waals surface area contributed by atoms with Gasteiger partial charge < -0.3 is 48.1 Å². The molecular weight excluding hydrogens is 552 g/mol. The molecule has 1 saturated heterocycles. The van der Waals surface area contributed by atoms with Crippen LogP contribution in [0.3, 0.4) is 0 Å². The molecule has 42 heavy (non-hydrogen) atoms. The number of rotatable bonds is 11. The molecule has 12 heteroatoms. The second-order valence-electron chi connectivity index (χ2n) is 9.70. The summed E-state index contributed by atoms with van der Waals surface area (Å²) in [6.07, 6.45) is -4.66. The van der Waals surface area contributed by atoms with Crippen LogP contribution in [-0.2, 0) is 28.4 Å². The number of hydrogen-bond acceptors (Lipinski definition) is 12. The molecule has 0 unspecified atom stereocenters. The van der Waals surface area contributed by atoms with E-state index in [0.717, 1.165) is 0 Å². The second kappa shape index (κ2) is 14.6. The number of aliphatic hydroxyl groups is 2. The van der Waals surface area contributed by atoms with E-state index in [1.807, 2.05) is 0 Å². The third-order valence-electron chi connectivity index (χ3n) is 7.11. The summed E-state index contributed by atoms with van der Waals surface area (Å²) >= 11 is 0. The Labute approximate surface area is 243 Å². The second-order valence-corrected chi connectivity index (χ2v) is 9.70. The third kappa shape index (κ3) is 7.46. The number of benzene rings is 2. The maximum Gasteiger partial charge on any atom is 0.338 e. The van der Waals surface area contributed by atoms with Crippen molar-refractivity contribution in [2.45, 2.75) is 62.0 Å². The van der Waals surface area contributed by atoms with Crippen LogP contribution in [0.1, 0.15) is 33.6 Å². The highest BCUT2D eigenvalue weighted by Gasteiger charge is 2.47. The van der Waals surface area contributed by atoms with E-state index in [2.05, 4.69) is 0 Å². The van der Waals surface area contributed by atoms with Gasteiger partial charge in [0.2, 0.25) is 0 Å². The first kappa shape index (κ1) is 31.4. The van der Waals surface area contributed by atoms with Crippen molar-refractivity contribution in [1.29, 1.82) is 0 Å². The van der Waals surface area contributed by atoms with Gasteiger partial charge in [-0.2, -0.15) is 0 Å². The maximum absolute atomic E-state index is 12.9. The molecule has 2 aliphatic heterocycles. The predicted octanol–water partition coefficient (Wildman–Crippen LogP) is 2.26. The molecule has 2 heterocycles. The molecule has 1 fully saturated rings. The van der Waals surface area contributed by atoms with Crippen LogP contribution >= 0.6 is 0 Å². The van der Waals surface area contributed by atoms with Crippen LogP contribution in [0.2, 0.25) is 0 Å². The summed E-state index contributed by atoms with van der Waals surface area (Å²) in [5.74, 6) is -0.123. The van der Waals surface area contributed by atoms with Gasteiger partial charge in [-0.15, -0.1) is 0 Å². The lowest BCUT2D eigenvalue weighted by atomic mass is 9.93. The standard InChI is InChI=1S/C30H36O12/c1-35-19-9-5-17(6-10-19)28(33)40-22-15-16-24(37-3)39-21(22)13-14-23-27(25(31)26(32)30(38-4)41-23)42-29(34)18-7-11-20(36-2)12-8-18/h5-12,15-16,21-27,30-32H,13-14H2,1-4H3/t21-,22+,23+,24+,25-,26+,27+,30-/m1/s1. The number of hydrogen-bond donors (Lipinski definition) is 2. The number of methoxy groups -OCH3 is 4. The topological polar surface area (TPSA) is 148 Å². The average molecular weight is 589 g/mol. The van der Waals surface area contributed by atoms with Crippen molar-refractivity contribution in [3.05, 3.63) is 71.8 Å². The van der Waals surface area contributed by atoms with Crippen molar-refractivity contribution in [3.63, 3.8) is 0 Å². The highest BCUT2D eigenvalue weighted by molar-refractivity contribution is 5.90. The zero-order valence-corrected chi connectivity index (χ0v) is 23.8. The minimum absolute atomic E-state index is 0.176. The summed E-state index contributed by atoms with van der Waals surface area (Å²) in [5.41, 5.74) is 0.553. The molecule has 2 aromatic carbocycles. The average Bonchev–Trinajstić information content (AvgIpc) is 3.03. The molecular formula is C30H36O12. The Kier molecular flexibility index (Phi) is 10.9. The molecule has 0 aliphatic carbocycles. The van der Waals surface area contributed by atoms with E-state index in [0.29, 0.717) is 17.1 Å². The smallest absolute Gasteiger partial charge is 0.338 e. The molecule has 2 aliphatic rings. The van der Waals surface area contributed by atoms with E-state index >= 15 is 0 Å². The predicted molar refractivity (Wildman–Crippen MR) is 146 cm³/mol. The highest BCUT2D eigenvalue weighted by atomic mass is 16.7. The normalized spacial score (nSPS) is 29.0. The Hall–Kier alpha value is -3.52.